The van der Waals surface area contributed by atoms with Gasteiger partial charge in [-0.1, -0.05) is 29.8 Å². The van der Waals surface area contributed by atoms with Gasteiger partial charge in [0.05, 0.1) is 22.8 Å². The lowest BCUT2D eigenvalue weighted by Crippen LogP contribution is -2.29. The summed E-state index contributed by atoms with van der Waals surface area (Å²) < 4.78 is 27.6. The Hall–Kier alpha value is -3.19. The van der Waals surface area contributed by atoms with E-state index in [1.807, 2.05) is 25.1 Å². The molecule has 148 valence electrons. The van der Waals surface area contributed by atoms with Gasteiger partial charge in [-0.15, -0.1) is 0 Å². The van der Waals surface area contributed by atoms with Crippen molar-refractivity contribution in [1.82, 2.24) is 10.3 Å². The average Bonchev–Trinajstić information content (AvgIpc) is 3.18. The number of aryl methyl sites for hydroxylation is 1. The van der Waals surface area contributed by atoms with Crippen molar-refractivity contribution in [2.24, 2.45) is 0 Å². The molecule has 0 bridgehead atoms. The van der Waals surface area contributed by atoms with Crippen LogP contribution in [0.25, 0.3) is 0 Å². The molecule has 0 fully saturated rings. The van der Waals surface area contributed by atoms with Gasteiger partial charge in [0, 0.05) is 18.3 Å². The monoisotopic (exact) mass is 407 g/mol. The van der Waals surface area contributed by atoms with Crippen LogP contribution >= 0.6 is 0 Å². The number of rotatable bonds is 5. The maximum atomic E-state index is 13.1. The summed E-state index contributed by atoms with van der Waals surface area (Å²) in [7, 11) is -3.67. The summed E-state index contributed by atoms with van der Waals surface area (Å²) in [4.78, 5) is 17.2. The van der Waals surface area contributed by atoms with Gasteiger partial charge in [-0.2, -0.15) is 0 Å². The summed E-state index contributed by atoms with van der Waals surface area (Å²) in [6, 6.07) is 17.5. The number of nitrogens with zero attached hydrogens (tertiary/aromatic N) is 2. The van der Waals surface area contributed by atoms with Gasteiger partial charge < -0.3 is 5.32 Å². The van der Waals surface area contributed by atoms with E-state index in [4.69, 9.17) is 0 Å². The molecule has 0 unspecified atom stereocenters. The number of hydrogen-bond acceptors (Lipinski definition) is 4. The highest BCUT2D eigenvalue weighted by atomic mass is 32.2. The predicted octanol–water partition coefficient (Wildman–Crippen LogP) is 3.07. The van der Waals surface area contributed by atoms with Crippen molar-refractivity contribution < 1.29 is 13.2 Å². The first kappa shape index (κ1) is 19.1. The molecular weight excluding hydrogens is 386 g/mol. The number of fused-ring (bicyclic) bond motifs is 1. The van der Waals surface area contributed by atoms with Crippen molar-refractivity contribution in [1.29, 1.82) is 0 Å². The summed E-state index contributed by atoms with van der Waals surface area (Å²) in [5.74, 6) is -0.234. The summed E-state index contributed by atoms with van der Waals surface area (Å²) in [6.45, 7) is 2.54. The quantitative estimate of drug-likeness (QED) is 0.705. The predicted molar refractivity (Wildman–Crippen MR) is 111 cm³/mol. The molecular formula is C22H21N3O3S. The van der Waals surface area contributed by atoms with Crippen LogP contribution in [0.4, 0.5) is 5.69 Å². The van der Waals surface area contributed by atoms with E-state index in [0.29, 0.717) is 30.8 Å². The van der Waals surface area contributed by atoms with E-state index in [2.05, 4.69) is 10.3 Å². The molecule has 1 aliphatic rings. The van der Waals surface area contributed by atoms with Crippen LogP contribution < -0.4 is 9.62 Å². The van der Waals surface area contributed by atoms with Gasteiger partial charge in [-0.25, -0.2) is 8.42 Å². The third kappa shape index (κ3) is 3.73. The molecule has 1 aliphatic heterocycles. The molecule has 0 radical (unpaired) electrons. The Labute approximate surface area is 170 Å². The fraction of sp³-hybridized carbons (Fsp3) is 0.182. The SMILES string of the molecule is Cc1ccc(S(=O)(=O)N2CCc3c(C(=O)NCc4ccccn4)cccc32)cc1. The van der Waals surface area contributed by atoms with Gasteiger partial charge in [0.1, 0.15) is 0 Å². The van der Waals surface area contributed by atoms with Gasteiger partial charge in [0.15, 0.2) is 0 Å². The molecule has 0 saturated carbocycles. The number of hydrogen-bond donors (Lipinski definition) is 1. The highest BCUT2D eigenvalue weighted by Gasteiger charge is 2.33. The molecule has 0 spiro atoms. The molecule has 0 aliphatic carbocycles. The maximum Gasteiger partial charge on any atom is 0.264 e. The van der Waals surface area contributed by atoms with Crippen molar-refractivity contribution in [3.63, 3.8) is 0 Å². The Morgan fingerprint density at radius 1 is 1.07 bits per heavy atom. The third-order valence-electron chi connectivity index (χ3n) is 4.99. The molecule has 0 saturated heterocycles. The highest BCUT2D eigenvalue weighted by molar-refractivity contribution is 7.92. The van der Waals surface area contributed by atoms with Crippen LogP contribution in [0.5, 0.6) is 0 Å². The standard InChI is InChI=1S/C22H21N3O3S/c1-16-8-10-18(11-9-16)29(27,28)25-14-12-19-20(6-4-7-21(19)25)22(26)24-15-17-5-2-3-13-23-17/h2-11,13H,12,14-15H2,1H3,(H,24,26). The molecule has 4 rings (SSSR count). The summed E-state index contributed by atoms with van der Waals surface area (Å²) in [5, 5.41) is 2.87. The van der Waals surface area contributed by atoms with E-state index in [9.17, 15) is 13.2 Å². The van der Waals surface area contributed by atoms with Gasteiger partial charge in [0.25, 0.3) is 15.9 Å². The molecule has 1 N–H and O–H groups in total. The van der Waals surface area contributed by atoms with Crippen LogP contribution in [-0.2, 0) is 23.0 Å². The van der Waals surface area contributed by atoms with Crippen LogP contribution in [0.2, 0.25) is 0 Å². The van der Waals surface area contributed by atoms with E-state index in [0.717, 1.165) is 16.8 Å². The Bertz CT molecular complexity index is 1140. The molecule has 6 nitrogen and oxygen atoms in total. The topological polar surface area (TPSA) is 79.4 Å². The minimum atomic E-state index is -3.67. The van der Waals surface area contributed by atoms with Crippen molar-refractivity contribution in [3.05, 3.63) is 89.2 Å². The first-order chi connectivity index (χ1) is 14.0. The zero-order valence-electron chi connectivity index (χ0n) is 16.0. The summed E-state index contributed by atoms with van der Waals surface area (Å²) >= 11 is 0. The Kier molecular flexibility index (Phi) is 5.07. The first-order valence-corrected chi connectivity index (χ1v) is 10.8. The van der Waals surface area contributed by atoms with Gasteiger partial charge >= 0.3 is 0 Å². The lowest BCUT2D eigenvalue weighted by molar-refractivity contribution is 0.0949. The molecule has 29 heavy (non-hydrogen) atoms. The van der Waals surface area contributed by atoms with Crippen molar-refractivity contribution in [2.45, 2.75) is 24.8 Å². The first-order valence-electron chi connectivity index (χ1n) is 9.36. The fourth-order valence-electron chi connectivity index (χ4n) is 3.47. The molecule has 7 heteroatoms. The second-order valence-electron chi connectivity index (χ2n) is 6.95. The zero-order chi connectivity index (χ0) is 20.4. The number of aromatic nitrogens is 1. The maximum absolute atomic E-state index is 13.1. The van der Waals surface area contributed by atoms with Crippen molar-refractivity contribution in [2.75, 3.05) is 10.8 Å². The second kappa shape index (κ2) is 7.67. The minimum Gasteiger partial charge on any atom is -0.346 e. The molecule has 3 aromatic rings. The lowest BCUT2D eigenvalue weighted by Gasteiger charge is -2.20. The Morgan fingerprint density at radius 2 is 1.86 bits per heavy atom. The average molecular weight is 407 g/mol. The van der Waals surface area contributed by atoms with Crippen LogP contribution in [0.15, 0.2) is 71.8 Å². The van der Waals surface area contributed by atoms with Crippen LogP contribution in [0.1, 0.15) is 27.2 Å². The van der Waals surface area contributed by atoms with E-state index < -0.39 is 10.0 Å². The lowest BCUT2D eigenvalue weighted by atomic mass is 10.0. The molecule has 2 heterocycles. The number of pyridine rings is 1. The molecule has 0 atom stereocenters. The van der Waals surface area contributed by atoms with Crippen LogP contribution in [-0.4, -0.2) is 25.9 Å². The Balaban J connectivity index is 1.60. The number of nitrogens with one attached hydrogen (secondary N) is 1. The molecule has 1 aromatic heterocycles. The normalized spacial score (nSPS) is 13.2. The van der Waals surface area contributed by atoms with E-state index in [1.54, 1.807) is 48.7 Å². The van der Waals surface area contributed by atoms with Crippen LogP contribution in [0.3, 0.4) is 0 Å². The van der Waals surface area contributed by atoms with Gasteiger partial charge in [-0.3, -0.25) is 14.1 Å². The number of amides is 1. The molecule has 1 amide bonds. The number of anilines is 1. The third-order valence-corrected chi connectivity index (χ3v) is 6.82. The number of carbonyl (C=O) groups excluding carboxylic acids is 1. The zero-order valence-corrected chi connectivity index (χ0v) is 16.8. The highest BCUT2D eigenvalue weighted by Crippen LogP contribution is 2.35. The van der Waals surface area contributed by atoms with E-state index >= 15 is 0 Å². The summed E-state index contributed by atoms with van der Waals surface area (Å²) in [6.07, 6.45) is 2.17. The van der Waals surface area contributed by atoms with E-state index in [-0.39, 0.29) is 10.8 Å². The number of carbonyl (C=O) groups is 1. The molecule has 2 aromatic carbocycles. The van der Waals surface area contributed by atoms with E-state index in [1.165, 1.54) is 4.31 Å². The van der Waals surface area contributed by atoms with Crippen LogP contribution in [0, 0.1) is 6.92 Å². The second-order valence-corrected chi connectivity index (χ2v) is 8.81. The van der Waals surface area contributed by atoms with Gasteiger partial charge in [-0.05, 0) is 55.3 Å². The van der Waals surface area contributed by atoms with Crippen molar-refractivity contribution in [3.8, 4) is 0 Å². The number of benzene rings is 2. The fourth-order valence-corrected chi connectivity index (χ4v) is 4.97. The minimum absolute atomic E-state index is 0.234. The Morgan fingerprint density at radius 3 is 2.59 bits per heavy atom. The largest absolute Gasteiger partial charge is 0.346 e. The summed E-state index contributed by atoms with van der Waals surface area (Å²) in [5.41, 5.74) is 3.58. The smallest absolute Gasteiger partial charge is 0.264 e. The van der Waals surface area contributed by atoms with Crippen molar-refractivity contribution >= 4 is 21.6 Å². The number of sulfonamides is 1. The van der Waals surface area contributed by atoms with Gasteiger partial charge in [0.2, 0.25) is 0 Å².